The van der Waals surface area contributed by atoms with E-state index in [1.807, 2.05) is 0 Å². The zero-order valence-corrected chi connectivity index (χ0v) is 17.1. The zero-order valence-electron chi connectivity index (χ0n) is 13.9. The van der Waals surface area contributed by atoms with Gasteiger partial charge < -0.3 is 9.52 Å². The fraction of sp³-hybridized carbons (Fsp3) is 0.167. The molecule has 9 heteroatoms. The third kappa shape index (κ3) is 4.06. The summed E-state index contributed by atoms with van der Waals surface area (Å²) in [6, 6.07) is 7.45. The van der Waals surface area contributed by atoms with Gasteiger partial charge in [-0.15, -0.1) is 0 Å². The molecule has 1 N–H and O–H groups in total. The number of thioether (sulfide) groups is 1. The molecule has 27 heavy (non-hydrogen) atoms. The van der Waals surface area contributed by atoms with E-state index in [0.29, 0.717) is 32.0 Å². The molecule has 0 spiro atoms. The van der Waals surface area contributed by atoms with Gasteiger partial charge in [-0.05, 0) is 36.8 Å². The van der Waals surface area contributed by atoms with E-state index in [2.05, 4.69) is 0 Å². The normalized spacial score (nSPS) is 17.0. The Morgan fingerprint density at radius 3 is 2.78 bits per heavy atom. The lowest BCUT2D eigenvalue weighted by atomic mass is 10.2. The molecule has 3 rings (SSSR count). The number of carbonyl (C=O) groups is 2. The summed E-state index contributed by atoms with van der Waals surface area (Å²) in [7, 11) is 0. The number of amides is 1. The van der Waals surface area contributed by atoms with Gasteiger partial charge in [-0.1, -0.05) is 54.1 Å². The van der Waals surface area contributed by atoms with Crippen molar-refractivity contribution in [1.82, 2.24) is 4.90 Å². The van der Waals surface area contributed by atoms with Crippen LogP contribution in [0.4, 0.5) is 0 Å². The SMILES string of the molecule is CCC(C(=O)O)N1C(=O)/C(=C\c2ccc(-c3cc(Cl)ccc3Cl)o2)SC1=S. The summed E-state index contributed by atoms with van der Waals surface area (Å²) in [5.74, 6) is -0.616. The molecule has 1 fully saturated rings. The van der Waals surface area contributed by atoms with Crippen molar-refractivity contribution in [3.63, 3.8) is 0 Å². The molecule has 0 saturated carbocycles. The van der Waals surface area contributed by atoms with E-state index < -0.39 is 17.9 Å². The molecule has 1 aliphatic rings. The second-order valence-electron chi connectivity index (χ2n) is 5.64. The Kier molecular flexibility index (Phi) is 5.95. The van der Waals surface area contributed by atoms with Crippen LogP contribution in [0.3, 0.4) is 0 Å². The molecule has 1 aliphatic heterocycles. The highest BCUT2D eigenvalue weighted by molar-refractivity contribution is 8.26. The van der Waals surface area contributed by atoms with Gasteiger partial charge in [0, 0.05) is 16.7 Å². The molecule has 2 heterocycles. The number of hydrogen-bond acceptors (Lipinski definition) is 5. The third-order valence-electron chi connectivity index (χ3n) is 3.90. The number of hydrogen-bond donors (Lipinski definition) is 1. The first-order chi connectivity index (χ1) is 12.8. The minimum Gasteiger partial charge on any atom is -0.480 e. The standard InChI is InChI=1S/C18H13Cl2NO4S2/c1-2-13(17(23)24)21-16(22)15(27-18(21)26)8-10-4-6-14(25-10)11-7-9(19)3-5-12(11)20/h3-8,13H,2H2,1H3,(H,23,24)/b15-8+. The number of carbonyl (C=O) groups excluding carboxylic acids is 1. The summed E-state index contributed by atoms with van der Waals surface area (Å²) in [6.07, 6.45) is 1.79. The molecule has 2 aromatic rings. The molecule has 140 valence electrons. The third-order valence-corrected chi connectivity index (χ3v) is 5.80. The number of aliphatic carboxylic acids is 1. The molecule has 1 unspecified atom stereocenters. The average Bonchev–Trinajstić information content (AvgIpc) is 3.18. The van der Waals surface area contributed by atoms with Crippen LogP contribution in [0, 0.1) is 0 Å². The second kappa shape index (κ2) is 8.06. The quantitative estimate of drug-likeness (QED) is 0.500. The first-order valence-electron chi connectivity index (χ1n) is 7.87. The van der Waals surface area contributed by atoms with Crippen molar-refractivity contribution < 1.29 is 19.1 Å². The first-order valence-corrected chi connectivity index (χ1v) is 9.85. The van der Waals surface area contributed by atoms with E-state index in [9.17, 15) is 14.7 Å². The van der Waals surface area contributed by atoms with Crippen molar-refractivity contribution in [3.8, 4) is 11.3 Å². The lowest BCUT2D eigenvalue weighted by Crippen LogP contribution is -2.43. The van der Waals surface area contributed by atoms with Crippen LogP contribution in [0.2, 0.25) is 10.0 Å². The number of thiocarbonyl (C=S) groups is 1. The zero-order chi connectivity index (χ0) is 19.7. The molecule has 1 aromatic carbocycles. The van der Waals surface area contributed by atoms with Gasteiger partial charge in [-0.2, -0.15) is 0 Å². The van der Waals surface area contributed by atoms with E-state index in [1.54, 1.807) is 37.3 Å². The van der Waals surface area contributed by atoms with Crippen LogP contribution in [0.15, 0.2) is 39.7 Å². The maximum atomic E-state index is 12.6. The molecule has 5 nitrogen and oxygen atoms in total. The Hall–Kier alpha value is -1.80. The van der Waals surface area contributed by atoms with Gasteiger partial charge in [0.2, 0.25) is 0 Å². The maximum absolute atomic E-state index is 12.6. The second-order valence-corrected chi connectivity index (χ2v) is 8.16. The van der Waals surface area contributed by atoms with Gasteiger partial charge in [-0.3, -0.25) is 9.69 Å². The summed E-state index contributed by atoms with van der Waals surface area (Å²) in [5.41, 5.74) is 0.633. The molecule has 0 radical (unpaired) electrons. The summed E-state index contributed by atoms with van der Waals surface area (Å²) < 4.78 is 5.97. The van der Waals surface area contributed by atoms with Crippen LogP contribution in [0.5, 0.6) is 0 Å². The number of carboxylic acid groups (broad SMARTS) is 1. The largest absolute Gasteiger partial charge is 0.480 e. The summed E-state index contributed by atoms with van der Waals surface area (Å²) in [5, 5.41) is 10.3. The van der Waals surface area contributed by atoms with Crippen molar-refractivity contribution in [2.24, 2.45) is 0 Å². The van der Waals surface area contributed by atoms with Crippen molar-refractivity contribution in [2.45, 2.75) is 19.4 Å². The Labute approximate surface area is 174 Å². The van der Waals surface area contributed by atoms with Crippen molar-refractivity contribution in [3.05, 3.63) is 51.0 Å². The van der Waals surface area contributed by atoms with Crippen LogP contribution in [0.25, 0.3) is 17.4 Å². The van der Waals surface area contributed by atoms with Gasteiger partial charge in [0.05, 0.1) is 9.93 Å². The van der Waals surface area contributed by atoms with Crippen LogP contribution in [0.1, 0.15) is 19.1 Å². The fourth-order valence-corrected chi connectivity index (χ4v) is 4.33. The number of nitrogens with zero attached hydrogens (tertiary/aromatic N) is 1. The number of rotatable bonds is 5. The average molecular weight is 442 g/mol. The predicted octanol–water partition coefficient (Wildman–Crippen LogP) is 5.32. The minimum atomic E-state index is -1.09. The molecular weight excluding hydrogens is 429 g/mol. The number of carboxylic acids is 1. The van der Waals surface area contributed by atoms with Crippen LogP contribution in [-0.2, 0) is 9.59 Å². The molecule has 1 amide bonds. The Balaban J connectivity index is 1.89. The topological polar surface area (TPSA) is 70.8 Å². The maximum Gasteiger partial charge on any atom is 0.326 e. The van der Waals surface area contributed by atoms with Crippen molar-refractivity contribution in [2.75, 3.05) is 0 Å². The van der Waals surface area contributed by atoms with Crippen LogP contribution in [-0.4, -0.2) is 32.2 Å². The lowest BCUT2D eigenvalue weighted by Gasteiger charge is -2.21. The van der Waals surface area contributed by atoms with Gasteiger partial charge in [0.25, 0.3) is 5.91 Å². The summed E-state index contributed by atoms with van der Waals surface area (Å²) in [6.45, 7) is 1.69. The Morgan fingerprint density at radius 1 is 1.37 bits per heavy atom. The highest BCUT2D eigenvalue weighted by Crippen LogP contribution is 2.36. The number of furan rings is 1. The number of halogens is 2. The smallest absolute Gasteiger partial charge is 0.326 e. The van der Waals surface area contributed by atoms with Gasteiger partial charge in [0.15, 0.2) is 0 Å². The molecule has 1 saturated heterocycles. The Morgan fingerprint density at radius 2 is 2.11 bits per heavy atom. The van der Waals surface area contributed by atoms with E-state index >= 15 is 0 Å². The molecule has 0 bridgehead atoms. The van der Waals surface area contributed by atoms with Crippen molar-refractivity contribution >= 4 is 69.5 Å². The fourth-order valence-electron chi connectivity index (χ4n) is 2.61. The van der Waals surface area contributed by atoms with Crippen LogP contribution < -0.4 is 0 Å². The molecule has 1 atom stereocenters. The van der Waals surface area contributed by atoms with Crippen LogP contribution >= 0.6 is 47.2 Å². The highest BCUT2D eigenvalue weighted by atomic mass is 35.5. The van der Waals surface area contributed by atoms with E-state index in [1.165, 1.54) is 6.08 Å². The Bertz CT molecular complexity index is 970. The minimum absolute atomic E-state index is 0.213. The first kappa shape index (κ1) is 19.9. The van der Waals surface area contributed by atoms with Gasteiger partial charge >= 0.3 is 5.97 Å². The number of benzene rings is 1. The van der Waals surface area contributed by atoms with E-state index in [0.717, 1.165) is 16.7 Å². The monoisotopic (exact) mass is 441 g/mol. The van der Waals surface area contributed by atoms with E-state index in [4.69, 9.17) is 39.8 Å². The van der Waals surface area contributed by atoms with Gasteiger partial charge in [-0.25, -0.2) is 4.79 Å². The molecule has 1 aromatic heterocycles. The molecule has 0 aliphatic carbocycles. The predicted molar refractivity (Wildman–Crippen MR) is 111 cm³/mol. The van der Waals surface area contributed by atoms with Gasteiger partial charge in [0.1, 0.15) is 21.9 Å². The van der Waals surface area contributed by atoms with Crippen molar-refractivity contribution in [1.29, 1.82) is 0 Å². The molecular formula is C18H13Cl2NO4S2. The summed E-state index contributed by atoms with van der Waals surface area (Å²) in [4.78, 5) is 25.4. The highest BCUT2D eigenvalue weighted by Gasteiger charge is 2.39. The van der Waals surface area contributed by atoms with E-state index in [-0.39, 0.29) is 10.7 Å². The lowest BCUT2D eigenvalue weighted by molar-refractivity contribution is -0.145. The summed E-state index contributed by atoms with van der Waals surface area (Å²) >= 11 is 18.4.